The summed E-state index contributed by atoms with van der Waals surface area (Å²) < 4.78 is 5.34. The highest BCUT2D eigenvalue weighted by molar-refractivity contribution is 5.75. The zero-order valence-corrected chi connectivity index (χ0v) is 10.5. The molecule has 1 atom stereocenters. The van der Waals surface area contributed by atoms with Crippen LogP contribution in [0.25, 0.3) is 0 Å². The topological polar surface area (TPSA) is 29.5 Å². The van der Waals surface area contributed by atoms with Gasteiger partial charge in [-0.25, -0.2) is 0 Å². The Labute approximate surface area is 102 Å². The van der Waals surface area contributed by atoms with Gasteiger partial charge in [-0.15, -0.1) is 0 Å². The molecule has 0 spiro atoms. The molecule has 1 saturated heterocycles. The molecule has 0 N–H and O–H groups in total. The average molecular weight is 233 g/mol. The Morgan fingerprint density at radius 3 is 2.94 bits per heavy atom. The first-order valence-corrected chi connectivity index (χ1v) is 6.07. The molecule has 2 rings (SSSR count). The highest BCUT2D eigenvalue weighted by Gasteiger charge is 2.19. The second-order valence-corrected chi connectivity index (χ2v) is 4.82. The Hall–Kier alpha value is -1.35. The van der Waals surface area contributed by atoms with E-state index in [0.29, 0.717) is 5.56 Å². The molecule has 92 valence electrons. The van der Waals surface area contributed by atoms with Crippen molar-refractivity contribution in [3.63, 3.8) is 0 Å². The second-order valence-electron chi connectivity index (χ2n) is 4.82. The number of carbonyl (C=O) groups excluding carboxylic acids is 1. The number of benzene rings is 1. The summed E-state index contributed by atoms with van der Waals surface area (Å²) in [6, 6.07) is 5.59. The molecule has 0 saturated carbocycles. The Morgan fingerprint density at radius 1 is 1.53 bits per heavy atom. The summed E-state index contributed by atoms with van der Waals surface area (Å²) in [7, 11) is 1.67. The van der Waals surface area contributed by atoms with E-state index in [-0.39, 0.29) is 0 Å². The number of hydrogen-bond acceptors (Lipinski definition) is 3. The molecule has 1 heterocycles. The van der Waals surface area contributed by atoms with Crippen LogP contribution in [-0.2, 0) is 6.54 Å². The molecule has 17 heavy (non-hydrogen) atoms. The number of ether oxygens (including phenoxy) is 1. The third kappa shape index (κ3) is 2.86. The summed E-state index contributed by atoms with van der Waals surface area (Å²) in [6.45, 7) is 5.42. The summed E-state index contributed by atoms with van der Waals surface area (Å²) in [5.41, 5.74) is 1.82. The number of aldehydes is 1. The molecular weight excluding hydrogens is 214 g/mol. The fourth-order valence-electron chi connectivity index (χ4n) is 2.41. The van der Waals surface area contributed by atoms with Crippen molar-refractivity contribution in [3.8, 4) is 5.75 Å². The smallest absolute Gasteiger partial charge is 0.150 e. The van der Waals surface area contributed by atoms with Crippen LogP contribution >= 0.6 is 0 Å². The molecule has 0 bridgehead atoms. The van der Waals surface area contributed by atoms with Crippen LogP contribution in [0.5, 0.6) is 5.75 Å². The summed E-state index contributed by atoms with van der Waals surface area (Å²) in [4.78, 5) is 13.2. The van der Waals surface area contributed by atoms with Gasteiger partial charge >= 0.3 is 0 Å². The van der Waals surface area contributed by atoms with E-state index < -0.39 is 0 Å². The minimum Gasteiger partial charge on any atom is -0.496 e. The standard InChI is InChI=1S/C14H19NO2/c1-11-5-6-15(8-11)9-13-7-12(10-16)3-4-14(13)17-2/h3-4,7,10-11H,5-6,8-9H2,1-2H3. The Balaban J connectivity index is 2.15. The van der Waals surface area contributed by atoms with E-state index in [1.54, 1.807) is 13.2 Å². The second kappa shape index (κ2) is 5.32. The van der Waals surface area contributed by atoms with Gasteiger partial charge in [0.1, 0.15) is 12.0 Å². The van der Waals surface area contributed by atoms with Crippen molar-refractivity contribution in [3.05, 3.63) is 29.3 Å². The van der Waals surface area contributed by atoms with Crippen molar-refractivity contribution in [2.45, 2.75) is 19.9 Å². The number of nitrogens with zero attached hydrogens (tertiary/aromatic N) is 1. The molecule has 1 aromatic carbocycles. The maximum Gasteiger partial charge on any atom is 0.150 e. The molecule has 0 amide bonds. The van der Waals surface area contributed by atoms with Crippen LogP contribution in [0.4, 0.5) is 0 Å². The van der Waals surface area contributed by atoms with Gasteiger partial charge in [-0.1, -0.05) is 6.92 Å². The maximum absolute atomic E-state index is 10.8. The number of carbonyl (C=O) groups is 1. The molecule has 0 aliphatic carbocycles. The number of hydrogen-bond donors (Lipinski definition) is 0. The highest BCUT2D eigenvalue weighted by atomic mass is 16.5. The van der Waals surface area contributed by atoms with Gasteiger partial charge in [0.15, 0.2) is 0 Å². The Kier molecular flexibility index (Phi) is 3.79. The van der Waals surface area contributed by atoms with Crippen LogP contribution < -0.4 is 4.74 Å². The number of likely N-dealkylation sites (tertiary alicyclic amines) is 1. The first-order valence-electron chi connectivity index (χ1n) is 6.07. The van der Waals surface area contributed by atoms with Crippen molar-refractivity contribution in [1.29, 1.82) is 0 Å². The van der Waals surface area contributed by atoms with E-state index in [9.17, 15) is 4.79 Å². The van der Waals surface area contributed by atoms with E-state index in [2.05, 4.69) is 11.8 Å². The van der Waals surface area contributed by atoms with Crippen LogP contribution in [0.1, 0.15) is 29.3 Å². The minimum absolute atomic E-state index is 0.716. The Bertz CT molecular complexity index is 403. The van der Waals surface area contributed by atoms with E-state index in [1.165, 1.54) is 6.42 Å². The van der Waals surface area contributed by atoms with E-state index >= 15 is 0 Å². The Morgan fingerprint density at radius 2 is 2.35 bits per heavy atom. The van der Waals surface area contributed by atoms with Gasteiger partial charge in [-0.3, -0.25) is 9.69 Å². The summed E-state index contributed by atoms with van der Waals surface area (Å²) in [6.07, 6.45) is 2.14. The molecule has 3 nitrogen and oxygen atoms in total. The van der Waals surface area contributed by atoms with Crippen molar-refractivity contribution < 1.29 is 9.53 Å². The van der Waals surface area contributed by atoms with Crippen LogP contribution in [0, 0.1) is 5.92 Å². The maximum atomic E-state index is 10.8. The molecular formula is C14H19NO2. The van der Waals surface area contributed by atoms with Gasteiger partial charge < -0.3 is 4.74 Å². The summed E-state index contributed by atoms with van der Waals surface area (Å²) >= 11 is 0. The van der Waals surface area contributed by atoms with Crippen LogP contribution in [-0.4, -0.2) is 31.4 Å². The van der Waals surface area contributed by atoms with Crippen LogP contribution in [0.2, 0.25) is 0 Å². The van der Waals surface area contributed by atoms with Gasteiger partial charge in [-0.05, 0) is 37.1 Å². The minimum atomic E-state index is 0.716. The monoisotopic (exact) mass is 233 g/mol. The molecule has 1 aromatic rings. The fraction of sp³-hybridized carbons (Fsp3) is 0.500. The predicted molar refractivity (Wildman–Crippen MR) is 67.4 cm³/mol. The van der Waals surface area contributed by atoms with Crippen molar-refractivity contribution in [1.82, 2.24) is 4.90 Å². The van der Waals surface area contributed by atoms with Crippen molar-refractivity contribution >= 4 is 6.29 Å². The average Bonchev–Trinajstić information content (AvgIpc) is 2.74. The lowest BCUT2D eigenvalue weighted by atomic mass is 10.1. The van der Waals surface area contributed by atoms with E-state index in [1.807, 2.05) is 12.1 Å². The van der Waals surface area contributed by atoms with Crippen molar-refractivity contribution in [2.75, 3.05) is 20.2 Å². The molecule has 1 aliphatic heterocycles. The van der Waals surface area contributed by atoms with Crippen LogP contribution in [0.3, 0.4) is 0 Å². The highest BCUT2D eigenvalue weighted by Crippen LogP contribution is 2.24. The normalized spacial score (nSPS) is 20.5. The predicted octanol–water partition coefficient (Wildman–Crippen LogP) is 2.35. The van der Waals surface area contributed by atoms with Gasteiger partial charge in [0.25, 0.3) is 0 Å². The lowest BCUT2D eigenvalue weighted by Gasteiger charge is -2.17. The van der Waals surface area contributed by atoms with Gasteiger partial charge in [-0.2, -0.15) is 0 Å². The third-order valence-electron chi connectivity index (χ3n) is 3.34. The molecule has 1 aliphatic rings. The zero-order valence-electron chi connectivity index (χ0n) is 10.5. The summed E-state index contributed by atoms with van der Waals surface area (Å²) in [5.74, 6) is 1.64. The van der Waals surface area contributed by atoms with Gasteiger partial charge in [0.2, 0.25) is 0 Å². The fourth-order valence-corrected chi connectivity index (χ4v) is 2.41. The van der Waals surface area contributed by atoms with E-state index in [4.69, 9.17) is 4.74 Å². The molecule has 0 radical (unpaired) electrons. The largest absolute Gasteiger partial charge is 0.496 e. The number of rotatable bonds is 4. The van der Waals surface area contributed by atoms with Crippen LogP contribution in [0.15, 0.2) is 18.2 Å². The lowest BCUT2D eigenvalue weighted by Crippen LogP contribution is -2.20. The SMILES string of the molecule is COc1ccc(C=O)cc1CN1CCC(C)C1. The quantitative estimate of drug-likeness (QED) is 0.748. The summed E-state index contributed by atoms with van der Waals surface area (Å²) in [5, 5.41) is 0. The molecule has 1 unspecified atom stereocenters. The van der Waals surface area contributed by atoms with E-state index in [0.717, 1.165) is 43.2 Å². The van der Waals surface area contributed by atoms with Gasteiger partial charge in [0.05, 0.1) is 7.11 Å². The number of methoxy groups -OCH3 is 1. The first-order chi connectivity index (χ1) is 8.22. The lowest BCUT2D eigenvalue weighted by molar-refractivity contribution is 0.112. The van der Waals surface area contributed by atoms with Gasteiger partial charge in [0, 0.05) is 24.2 Å². The molecule has 3 heteroatoms. The first kappa shape index (κ1) is 12.1. The zero-order chi connectivity index (χ0) is 12.3. The third-order valence-corrected chi connectivity index (χ3v) is 3.34. The van der Waals surface area contributed by atoms with Crippen molar-refractivity contribution in [2.24, 2.45) is 5.92 Å². The molecule has 1 fully saturated rings. The molecule has 0 aromatic heterocycles.